The fraction of sp³-hybridized carbons (Fsp3) is 0.214. The van der Waals surface area contributed by atoms with Crippen molar-refractivity contribution in [1.29, 1.82) is 0 Å². The number of imide groups is 1. The molecule has 0 aromatic heterocycles. The van der Waals surface area contributed by atoms with Crippen LogP contribution >= 0.6 is 46.0 Å². The summed E-state index contributed by atoms with van der Waals surface area (Å²) in [5, 5.41) is 0.351. The van der Waals surface area contributed by atoms with Crippen LogP contribution in [0.15, 0.2) is 59.5 Å². The number of benzene rings is 3. The zero-order valence-electron chi connectivity index (χ0n) is 20.5. The molecule has 0 aliphatic carbocycles. The van der Waals surface area contributed by atoms with Crippen LogP contribution in [0.25, 0.3) is 6.08 Å². The second-order valence-electron chi connectivity index (χ2n) is 8.40. The first-order valence-corrected chi connectivity index (χ1v) is 13.7. The maximum atomic E-state index is 13.0. The Bertz CT molecular complexity index is 1360. The number of hydrogen-bond donors (Lipinski definition) is 0. The molecule has 3 aromatic rings. The largest absolute Gasteiger partial charge is 0.493 e. The first-order valence-electron chi connectivity index (χ1n) is 11.5. The maximum absolute atomic E-state index is 13.0. The number of carbonyl (C=O) groups is 2. The van der Waals surface area contributed by atoms with Crippen LogP contribution in [0.3, 0.4) is 0 Å². The lowest BCUT2D eigenvalue weighted by atomic mass is 10.1. The second kappa shape index (κ2) is 12.2. The van der Waals surface area contributed by atoms with Gasteiger partial charge in [0.2, 0.25) is 0 Å². The first kappa shape index (κ1) is 27.3. The van der Waals surface area contributed by atoms with Gasteiger partial charge in [-0.1, -0.05) is 35.9 Å². The summed E-state index contributed by atoms with van der Waals surface area (Å²) in [6.45, 7) is 4.70. The number of nitrogens with zero attached hydrogens (tertiary/aromatic N) is 1. The predicted molar refractivity (Wildman–Crippen MR) is 156 cm³/mol. The second-order valence-corrected chi connectivity index (χ2v) is 11.0. The highest BCUT2D eigenvalue weighted by Crippen LogP contribution is 2.37. The molecule has 37 heavy (non-hydrogen) atoms. The van der Waals surface area contributed by atoms with Gasteiger partial charge in [0, 0.05) is 5.02 Å². The van der Waals surface area contributed by atoms with Gasteiger partial charge in [-0.05, 0) is 107 Å². The molecule has 4 rings (SSSR count). The van der Waals surface area contributed by atoms with E-state index >= 15 is 0 Å². The SMILES string of the molecule is COc1cc(/C=C2\SC(=O)N(CCOc3cc(C)ccc3C)C2=O)cc(I)c1OCc1ccc(Cl)cc1. The van der Waals surface area contributed by atoms with Crippen molar-refractivity contribution in [3.8, 4) is 17.2 Å². The van der Waals surface area contributed by atoms with Gasteiger partial charge in [-0.25, -0.2) is 0 Å². The highest BCUT2D eigenvalue weighted by Gasteiger charge is 2.35. The van der Waals surface area contributed by atoms with Gasteiger partial charge in [-0.3, -0.25) is 14.5 Å². The van der Waals surface area contributed by atoms with Crippen molar-refractivity contribution in [2.75, 3.05) is 20.3 Å². The standard InChI is InChI=1S/C28H25ClINO5S/c1-17-4-5-18(2)23(12-17)35-11-10-31-27(32)25(37-28(31)33)15-20-13-22(30)26(24(14-20)34-3)36-16-19-6-8-21(29)9-7-19/h4-9,12-15H,10-11,16H2,1-3H3/b25-15-. The third-order valence-corrected chi connectivity index (χ3v) is 7.60. The van der Waals surface area contributed by atoms with Crippen molar-refractivity contribution >= 4 is 63.2 Å². The summed E-state index contributed by atoms with van der Waals surface area (Å²) in [4.78, 5) is 27.1. The first-order chi connectivity index (χ1) is 17.7. The Kier molecular flexibility index (Phi) is 9.04. The normalized spacial score (nSPS) is 14.4. The van der Waals surface area contributed by atoms with E-state index in [2.05, 4.69) is 22.6 Å². The fourth-order valence-electron chi connectivity index (χ4n) is 3.65. The molecule has 1 heterocycles. The van der Waals surface area contributed by atoms with Gasteiger partial charge in [-0.15, -0.1) is 0 Å². The minimum Gasteiger partial charge on any atom is -0.493 e. The lowest BCUT2D eigenvalue weighted by Crippen LogP contribution is -2.32. The van der Waals surface area contributed by atoms with Crippen LogP contribution in [0.4, 0.5) is 4.79 Å². The van der Waals surface area contributed by atoms with E-state index in [-0.39, 0.29) is 24.3 Å². The van der Waals surface area contributed by atoms with Crippen molar-refractivity contribution < 1.29 is 23.8 Å². The predicted octanol–water partition coefficient (Wildman–Crippen LogP) is 7.26. The van der Waals surface area contributed by atoms with Crippen molar-refractivity contribution in [1.82, 2.24) is 4.90 Å². The quantitative estimate of drug-likeness (QED) is 0.180. The highest BCUT2D eigenvalue weighted by atomic mass is 127. The summed E-state index contributed by atoms with van der Waals surface area (Å²) < 4.78 is 18.2. The molecule has 0 N–H and O–H groups in total. The van der Waals surface area contributed by atoms with E-state index in [1.54, 1.807) is 19.3 Å². The zero-order valence-corrected chi connectivity index (χ0v) is 24.3. The Morgan fingerprint density at radius 1 is 1.00 bits per heavy atom. The van der Waals surface area contributed by atoms with Crippen LogP contribution < -0.4 is 14.2 Å². The van der Waals surface area contributed by atoms with Gasteiger partial charge in [0.15, 0.2) is 11.5 Å². The van der Waals surface area contributed by atoms with Gasteiger partial charge >= 0.3 is 0 Å². The average molecular weight is 650 g/mol. The van der Waals surface area contributed by atoms with E-state index in [0.717, 1.165) is 43.3 Å². The molecule has 0 saturated carbocycles. The molecule has 9 heteroatoms. The number of carbonyl (C=O) groups excluding carboxylic acids is 2. The molecule has 1 saturated heterocycles. The average Bonchev–Trinajstić information content (AvgIpc) is 3.13. The summed E-state index contributed by atoms with van der Waals surface area (Å²) >= 11 is 9.04. The Morgan fingerprint density at radius 3 is 2.49 bits per heavy atom. The van der Waals surface area contributed by atoms with Gasteiger partial charge < -0.3 is 14.2 Å². The molecule has 1 aliphatic heterocycles. The highest BCUT2D eigenvalue weighted by molar-refractivity contribution is 14.1. The van der Waals surface area contributed by atoms with E-state index in [1.165, 1.54) is 4.90 Å². The Balaban J connectivity index is 1.44. The molecule has 3 aromatic carbocycles. The lowest BCUT2D eigenvalue weighted by molar-refractivity contribution is -0.123. The molecule has 0 bridgehead atoms. The summed E-state index contributed by atoms with van der Waals surface area (Å²) in [6.07, 6.45) is 1.70. The molecule has 0 atom stereocenters. The number of aryl methyl sites for hydroxylation is 2. The number of thioether (sulfide) groups is 1. The van der Waals surface area contributed by atoms with Crippen molar-refractivity contribution in [2.24, 2.45) is 0 Å². The number of halogens is 2. The third kappa shape index (κ3) is 6.80. The maximum Gasteiger partial charge on any atom is 0.293 e. The molecular weight excluding hydrogens is 625 g/mol. The van der Waals surface area contributed by atoms with E-state index in [9.17, 15) is 9.59 Å². The van der Waals surface area contributed by atoms with Crippen LogP contribution in [0.2, 0.25) is 5.02 Å². The van der Waals surface area contributed by atoms with Gasteiger partial charge in [-0.2, -0.15) is 0 Å². The van der Waals surface area contributed by atoms with Crippen molar-refractivity contribution in [2.45, 2.75) is 20.5 Å². The van der Waals surface area contributed by atoms with Crippen molar-refractivity contribution in [3.63, 3.8) is 0 Å². The summed E-state index contributed by atoms with van der Waals surface area (Å²) in [5.74, 6) is 1.55. The molecule has 0 spiro atoms. The molecule has 2 amide bonds. The van der Waals surface area contributed by atoms with Gasteiger partial charge in [0.25, 0.3) is 11.1 Å². The van der Waals surface area contributed by atoms with Crippen LogP contribution in [0.5, 0.6) is 17.2 Å². The van der Waals surface area contributed by atoms with E-state index < -0.39 is 0 Å². The minimum absolute atomic E-state index is 0.174. The van der Waals surface area contributed by atoms with Gasteiger partial charge in [0.1, 0.15) is 19.0 Å². The number of hydrogen-bond acceptors (Lipinski definition) is 6. The number of ether oxygens (including phenoxy) is 3. The van der Waals surface area contributed by atoms with E-state index in [0.29, 0.717) is 28.0 Å². The topological polar surface area (TPSA) is 65.1 Å². The van der Waals surface area contributed by atoms with Gasteiger partial charge in [0.05, 0.1) is 22.1 Å². The Morgan fingerprint density at radius 2 is 1.76 bits per heavy atom. The Hall–Kier alpha value is -2.69. The minimum atomic E-state index is -0.336. The Labute approximate surface area is 239 Å². The molecule has 1 aliphatic rings. The number of rotatable bonds is 9. The molecule has 1 fully saturated rings. The fourth-order valence-corrected chi connectivity index (χ4v) is 5.43. The molecule has 192 valence electrons. The lowest BCUT2D eigenvalue weighted by Gasteiger charge is -2.15. The summed E-state index contributed by atoms with van der Waals surface area (Å²) in [7, 11) is 1.56. The smallest absolute Gasteiger partial charge is 0.293 e. The van der Waals surface area contributed by atoms with E-state index in [4.69, 9.17) is 25.8 Å². The number of methoxy groups -OCH3 is 1. The van der Waals surface area contributed by atoms with Crippen LogP contribution in [0.1, 0.15) is 22.3 Å². The van der Waals surface area contributed by atoms with Crippen LogP contribution in [-0.4, -0.2) is 36.3 Å². The van der Waals surface area contributed by atoms with Crippen LogP contribution in [-0.2, 0) is 11.4 Å². The molecule has 0 radical (unpaired) electrons. The number of amides is 2. The molecule has 0 unspecified atom stereocenters. The van der Waals surface area contributed by atoms with Crippen molar-refractivity contribution in [3.05, 3.63) is 90.3 Å². The summed E-state index contributed by atoms with van der Waals surface area (Å²) in [6, 6.07) is 17.0. The zero-order chi connectivity index (χ0) is 26.5. The summed E-state index contributed by atoms with van der Waals surface area (Å²) in [5.41, 5.74) is 3.80. The monoisotopic (exact) mass is 649 g/mol. The van der Waals surface area contributed by atoms with Crippen LogP contribution in [0, 0.1) is 17.4 Å². The molecular formula is C28H25ClINO5S. The molecule has 6 nitrogen and oxygen atoms in total. The van der Waals surface area contributed by atoms with E-state index in [1.807, 2.05) is 62.4 Å². The third-order valence-electron chi connectivity index (χ3n) is 5.64.